The van der Waals surface area contributed by atoms with Gasteiger partial charge in [-0.3, -0.25) is 19.2 Å². The Kier molecular flexibility index (Phi) is 8.00. The zero-order valence-corrected chi connectivity index (χ0v) is 23.8. The summed E-state index contributed by atoms with van der Waals surface area (Å²) in [4.78, 5) is 52.8. The molecule has 3 heterocycles. The van der Waals surface area contributed by atoms with E-state index in [-0.39, 0.29) is 43.2 Å². The van der Waals surface area contributed by atoms with Gasteiger partial charge in [-0.15, -0.1) is 0 Å². The molecule has 2 atom stereocenters. The van der Waals surface area contributed by atoms with Crippen LogP contribution in [0.15, 0.2) is 66.7 Å². The average molecular weight is 584 g/mol. The van der Waals surface area contributed by atoms with Gasteiger partial charge in [-0.2, -0.15) is 0 Å². The molecule has 0 unspecified atom stereocenters. The molecule has 3 amide bonds. The van der Waals surface area contributed by atoms with Gasteiger partial charge < -0.3 is 29.7 Å². The lowest BCUT2D eigenvalue weighted by Gasteiger charge is -2.21. The third kappa shape index (κ3) is 6.97. The number of hydrogen-bond acceptors (Lipinski definition) is 7. The molecule has 3 aromatic carbocycles. The van der Waals surface area contributed by atoms with E-state index in [0.29, 0.717) is 53.0 Å². The number of Topliss-reactive ketones (excluding diaryl/α,β-unsaturated/α-hetero) is 1. The van der Waals surface area contributed by atoms with E-state index in [1.807, 2.05) is 12.1 Å². The average Bonchev–Trinajstić information content (AvgIpc) is 3.77. The van der Waals surface area contributed by atoms with E-state index in [0.717, 1.165) is 18.4 Å². The van der Waals surface area contributed by atoms with Gasteiger partial charge in [0.25, 0.3) is 17.7 Å². The summed E-state index contributed by atoms with van der Waals surface area (Å²) in [6.07, 6.45) is 1.70. The normalized spacial score (nSPS) is 20.2. The number of benzene rings is 3. The van der Waals surface area contributed by atoms with Gasteiger partial charge in [-0.25, -0.2) is 0 Å². The van der Waals surface area contributed by atoms with Crippen molar-refractivity contribution in [1.82, 2.24) is 15.5 Å². The van der Waals surface area contributed by atoms with Crippen molar-refractivity contribution >= 4 is 23.5 Å². The molecule has 0 spiro atoms. The molecular weight excluding hydrogens is 550 g/mol. The number of amides is 3. The van der Waals surface area contributed by atoms with Gasteiger partial charge in [0, 0.05) is 35.8 Å². The monoisotopic (exact) mass is 583 g/mol. The number of nitrogens with zero attached hydrogens (tertiary/aromatic N) is 1. The molecule has 1 saturated heterocycles. The first-order valence-corrected chi connectivity index (χ1v) is 14.4. The summed E-state index contributed by atoms with van der Waals surface area (Å²) in [6.45, 7) is 2.59. The van der Waals surface area contributed by atoms with E-state index < -0.39 is 12.1 Å². The largest absolute Gasteiger partial charge is 0.493 e. The van der Waals surface area contributed by atoms with E-state index in [2.05, 4.69) is 10.6 Å². The molecule has 222 valence electrons. The van der Waals surface area contributed by atoms with E-state index in [9.17, 15) is 19.2 Å². The van der Waals surface area contributed by atoms with Crippen LogP contribution in [0.25, 0.3) is 0 Å². The smallest absolute Gasteiger partial charge is 0.258 e. The van der Waals surface area contributed by atoms with Crippen LogP contribution >= 0.6 is 0 Å². The lowest BCUT2D eigenvalue weighted by atomic mass is 10.1. The minimum Gasteiger partial charge on any atom is -0.493 e. The Bertz CT molecular complexity index is 1530. The first kappa shape index (κ1) is 28.3. The highest BCUT2D eigenvalue weighted by molar-refractivity contribution is 5.98. The van der Waals surface area contributed by atoms with Gasteiger partial charge in [0.2, 0.25) is 0 Å². The summed E-state index contributed by atoms with van der Waals surface area (Å²) < 4.78 is 18.0. The van der Waals surface area contributed by atoms with Crippen molar-refractivity contribution in [2.24, 2.45) is 5.92 Å². The Labute approximate surface area is 249 Å². The first-order valence-electron chi connectivity index (χ1n) is 14.4. The van der Waals surface area contributed by atoms with Crippen LogP contribution in [0.4, 0.5) is 0 Å². The lowest BCUT2D eigenvalue weighted by molar-refractivity contribution is -0.123. The molecule has 1 saturated carbocycles. The van der Waals surface area contributed by atoms with Crippen LogP contribution in [0.5, 0.6) is 17.2 Å². The van der Waals surface area contributed by atoms with Crippen molar-refractivity contribution in [1.29, 1.82) is 0 Å². The van der Waals surface area contributed by atoms with Crippen LogP contribution in [-0.4, -0.2) is 66.9 Å². The van der Waals surface area contributed by atoms with Crippen molar-refractivity contribution in [3.63, 3.8) is 0 Å². The predicted octanol–water partition coefficient (Wildman–Crippen LogP) is 3.39. The number of fused-ring (bicyclic) bond motifs is 7. The van der Waals surface area contributed by atoms with Crippen molar-refractivity contribution in [2.75, 3.05) is 26.3 Å². The molecule has 0 radical (unpaired) electrons. The number of carbonyl (C=O) groups excluding carboxylic acids is 4. The third-order valence-electron chi connectivity index (χ3n) is 7.80. The number of ketones is 1. The molecule has 10 heteroatoms. The number of carbonyl (C=O) groups is 4. The molecule has 4 bridgehead atoms. The zero-order valence-electron chi connectivity index (χ0n) is 23.8. The van der Waals surface area contributed by atoms with Gasteiger partial charge >= 0.3 is 0 Å². The highest BCUT2D eigenvalue weighted by Gasteiger charge is 2.38. The summed E-state index contributed by atoms with van der Waals surface area (Å²) in [5.74, 6) is 0.923. The fraction of sp³-hybridized carbons (Fsp3) is 0.333. The van der Waals surface area contributed by atoms with Gasteiger partial charge in [0.15, 0.2) is 12.4 Å². The Morgan fingerprint density at radius 1 is 0.930 bits per heavy atom. The third-order valence-corrected chi connectivity index (χ3v) is 7.80. The minimum absolute atomic E-state index is 0.0774. The summed E-state index contributed by atoms with van der Waals surface area (Å²) in [6, 6.07) is 18.2. The van der Waals surface area contributed by atoms with Crippen LogP contribution in [0.2, 0.25) is 0 Å². The van der Waals surface area contributed by atoms with Crippen LogP contribution in [0, 0.1) is 5.92 Å². The Balaban J connectivity index is 1.27. The SMILES string of the molecule is CC(=O)c1ccc(C(=O)N2C[C@@H]3NC(=O)c4cc(cc(OCC5CC5)c4)OCC(=O)NCc4ccc(cc4)O[C@H]3C2)cc1. The second-order valence-corrected chi connectivity index (χ2v) is 11.2. The zero-order chi connectivity index (χ0) is 29.9. The number of rotatable bonds is 5. The molecule has 3 aromatic rings. The Morgan fingerprint density at radius 3 is 2.40 bits per heavy atom. The maximum absolute atomic E-state index is 13.6. The van der Waals surface area contributed by atoms with Crippen molar-refractivity contribution in [3.8, 4) is 17.2 Å². The molecule has 2 N–H and O–H groups in total. The van der Waals surface area contributed by atoms with Crippen LogP contribution < -0.4 is 24.8 Å². The van der Waals surface area contributed by atoms with E-state index in [1.165, 1.54) is 6.92 Å². The summed E-state index contributed by atoms with van der Waals surface area (Å²) in [5.41, 5.74) is 2.16. The fourth-order valence-electron chi connectivity index (χ4n) is 5.11. The first-order chi connectivity index (χ1) is 20.8. The number of hydrogen-bond donors (Lipinski definition) is 2. The van der Waals surface area contributed by atoms with E-state index in [1.54, 1.807) is 59.5 Å². The van der Waals surface area contributed by atoms with Crippen LogP contribution in [0.1, 0.15) is 56.4 Å². The lowest BCUT2D eigenvalue weighted by Crippen LogP contribution is -2.45. The number of likely N-dealkylation sites (tertiary alicyclic amines) is 1. The number of nitrogens with one attached hydrogen (secondary N) is 2. The molecule has 43 heavy (non-hydrogen) atoms. The molecular formula is C33H33N3O7. The van der Waals surface area contributed by atoms with Gasteiger partial charge in [-0.05, 0) is 67.6 Å². The number of ether oxygens (including phenoxy) is 3. The van der Waals surface area contributed by atoms with Crippen LogP contribution in [-0.2, 0) is 11.3 Å². The highest BCUT2D eigenvalue weighted by Crippen LogP contribution is 2.31. The van der Waals surface area contributed by atoms with Crippen molar-refractivity contribution in [3.05, 3.63) is 89.0 Å². The second kappa shape index (κ2) is 12.2. The molecule has 10 nitrogen and oxygen atoms in total. The molecule has 1 aliphatic carbocycles. The van der Waals surface area contributed by atoms with Gasteiger partial charge in [-0.1, -0.05) is 24.3 Å². The highest BCUT2D eigenvalue weighted by atomic mass is 16.5. The maximum atomic E-state index is 13.6. The van der Waals surface area contributed by atoms with Gasteiger partial charge in [0.05, 0.1) is 19.2 Å². The molecule has 7 rings (SSSR count). The van der Waals surface area contributed by atoms with E-state index >= 15 is 0 Å². The van der Waals surface area contributed by atoms with Crippen molar-refractivity contribution in [2.45, 2.75) is 38.5 Å². The molecule has 2 fully saturated rings. The second-order valence-electron chi connectivity index (χ2n) is 11.2. The maximum Gasteiger partial charge on any atom is 0.258 e. The Morgan fingerprint density at radius 2 is 1.67 bits per heavy atom. The molecule has 0 aromatic heterocycles. The molecule has 3 aliphatic heterocycles. The summed E-state index contributed by atoms with van der Waals surface area (Å²) >= 11 is 0. The van der Waals surface area contributed by atoms with E-state index in [4.69, 9.17) is 14.2 Å². The molecule has 4 aliphatic rings. The van der Waals surface area contributed by atoms with Crippen LogP contribution in [0.3, 0.4) is 0 Å². The quantitative estimate of drug-likeness (QED) is 0.442. The predicted molar refractivity (Wildman–Crippen MR) is 156 cm³/mol. The fourth-order valence-corrected chi connectivity index (χ4v) is 5.11. The minimum atomic E-state index is -0.532. The Hall–Kier alpha value is -4.86. The summed E-state index contributed by atoms with van der Waals surface area (Å²) in [7, 11) is 0. The summed E-state index contributed by atoms with van der Waals surface area (Å²) in [5, 5.41) is 5.89. The van der Waals surface area contributed by atoms with Crippen molar-refractivity contribution < 1.29 is 33.4 Å². The topological polar surface area (TPSA) is 123 Å². The standard InChI is InChI=1S/C33H33N3O7/c1-20(37)23-6-8-24(9-7-23)33(40)36-16-29-30(17-36)43-26-10-4-21(5-11-26)15-34-31(38)19-42-28-13-25(32(39)35-29)12-27(14-28)41-18-22-2-3-22/h4-14,22,29-30H,2-3,15-19H2,1H3,(H,34,38)(H,35,39)/t29-,30-/m0/s1. The van der Waals surface area contributed by atoms with Gasteiger partial charge in [0.1, 0.15) is 23.4 Å².